The normalized spacial score (nSPS) is 29.8. The molecule has 0 heterocycles. The second-order valence-electron chi connectivity index (χ2n) is 4.35. The van der Waals surface area contributed by atoms with Gasteiger partial charge in [0.05, 0.1) is 6.10 Å². The van der Waals surface area contributed by atoms with Gasteiger partial charge in [0.25, 0.3) is 0 Å². The molecule has 1 aliphatic carbocycles. The van der Waals surface area contributed by atoms with E-state index in [-0.39, 0.29) is 12.0 Å². The number of nitrogens with zero attached hydrogens (tertiary/aromatic N) is 1. The number of carboxylic acids is 1. The number of hydrogen-bond acceptors (Lipinski definition) is 3. The number of carbonyl (C=O) groups excluding carboxylic acids is 1. The minimum atomic E-state index is -1.04. The van der Waals surface area contributed by atoms with Crippen molar-refractivity contribution in [2.75, 3.05) is 14.2 Å². The molecule has 16 heavy (non-hydrogen) atoms. The molecule has 0 unspecified atom stereocenters. The van der Waals surface area contributed by atoms with Gasteiger partial charge in [0.2, 0.25) is 5.91 Å². The Balaban J connectivity index is 2.84. The monoisotopic (exact) mass is 229 g/mol. The molecule has 1 rings (SSSR count). The average molecular weight is 229 g/mol. The molecule has 0 saturated heterocycles. The van der Waals surface area contributed by atoms with Gasteiger partial charge in [-0.15, -0.1) is 0 Å². The van der Waals surface area contributed by atoms with Crippen LogP contribution in [0.25, 0.3) is 0 Å². The molecule has 0 aromatic carbocycles. The Labute approximate surface area is 95.4 Å². The van der Waals surface area contributed by atoms with Crippen LogP contribution < -0.4 is 0 Å². The second-order valence-corrected chi connectivity index (χ2v) is 4.35. The molecular weight excluding hydrogens is 210 g/mol. The molecule has 1 fully saturated rings. The zero-order valence-corrected chi connectivity index (χ0v) is 10.0. The lowest BCUT2D eigenvalue weighted by Gasteiger charge is -2.42. The summed E-state index contributed by atoms with van der Waals surface area (Å²) in [6.45, 7) is 1.40. The van der Waals surface area contributed by atoms with Crippen LogP contribution in [0.3, 0.4) is 0 Å². The SMILES string of the molecule is COC1CCC(C(=O)O)(N(C)C(C)=O)CC1. The van der Waals surface area contributed by atoms with E-state index in [1.807, 2.05) is 0 Å². The summed E-state index contributed by atoms with van der Waals surface area (Å²) in [6.07, 6.45) is 2.39. The van der Waals surface area contributed by atoms with Crippen molar-refractivity contribution in [2.24, 2.45) is 0 Å². The molecule has 1 amide bonds. The molecule has 0 aromatic heterocycles. The van der Waals surface area contributed by atoms with E-state index < -0.39 is 11.5 Å². The smallest absolute Gasteiger partial charge is 0.329 e. The number of carboxylic acid groups (broad SMARTS) is 1. The van der Waals surface area contributed by atoms with E-state index in [0.29, 0.717) is 25.7 Å². The molecule has 92 valence electrons. The molecule has 0 atom stereocenters. The predicted octanol–water partition coefficient (Wildman–Crippen LogP) is 0.877. The fourth-order valence-corrected chi connectivity index (χ4v) is 2.30. The first kappa shape index (κ1) is 13.0. The van der Waals surface area contributed by atoms with Crippen LogP contribution in [0.5, 0.6) is 0 Å². The highest BCUT2D eigenvalue weighted by molar-refractivity contribution is 5.86. The third-order valence-electron chi connectivity index (χ3n) is 3.61. The number of methoxy groups -OCH3 is 1. The van der Waals surface area contributed by atoms with Gasteiger partial charge in [0.1, 0.15) is 5.54 Å². The Morgan fingerprint density at radius 2 is 1.88 bits per heavy atom. The molecule has 1 saturated carbocycles. The number of rotatable bonds is 3. The number of amides is 1. The summed E-state index contributed by atoms with van der Waals surface area (Å²) < 4.78 is 5.21. The molecule has 1 N–H and O–H groups in total. The molecule has 0 aromatic rings. The van der Waals surface area contributed by atoms with Crippen LogP contribution in [-0.2, 0) is 14.3 Å². The Morgan fingerprint density at radius 1 is 1.38 bits per heavy atom. The Kier molecular flexibility index (Phi) is 3.91. The van der Waals surface area contributed by atoms with E-state index in [4.69, 9.17) is 4.74 Å². The standard InChI is InChI=1S/C11H19NO4/c1-8(13)12(2)11(10(14)15)6-4-9(16-3)5-7-11/h9H,4-7H2,1-3H3,(H,14,15). The molecule has 0 aliphatic heterocycles. The summed E-state index contributed by atoms with van der Waals surface area (Å²) in [4.78, 5) is 24.1. The summed E-state index contributed by atoms with van der Waals surface area (Å²) in [6, 6.07) is 0. The molecular formula is C11H19NO4. The van der Waals surface area contributed by atoms with E-state index in [1.165, 1.54) is 11.8 Å². The maximum absolute atomic E-state index is 11.4. The lowest BCUT2D eigenvalue weighted by Crippen LogP contribution is -2.57. The number of aliphatic carboxylic acids is 1. The Morgan fingerprint density at radius 3 is 2.19 bits per heavy atom. The van der Waals surface area contributed by atoms with Crippen LogP contribution in [0.2, 0.25) is 0 Å². The maximum Gasteiger partial charge on any atom is 0.329 e. The van der Waals surface area contributed by atoms with Crippen molar-refractivity contribution < 1.29 is 19.4 Å². The lowest BCUT2D eigenvalue weighted by molar-refractivity contribution is -0.161. The Hall–Kier alpha value is -1.10. The summed E-state index contributed by atoms with van der Waals surface area (Å²) >= 11 is 0. The van der Waals surface area contributed by atoms with E-state index in [2.05, 4.69) is 0 Å². The Bertz CT molecular complexity index is 282. The predicted molar refractivity (Wildman–Crippen MR) is 58.1 cm³/mol. The van der Waals surface area contributed by atoms with Crippen molar-refractivity contribution in [1.29, 1.82) is 0 Å². The summed E-state index contributed by atoms with van der Waals surface area (Å²) in [5.74, 6) is -1.13. The van der Waals surface area contributed by atoms with E-state index in [0.717, 1.165) is 0 Å². The fraction of sp³-hybridized carbons (Fsp3) is 0.818. The van der Waals surface area contributed by atoms with Gasteiger partial charge in [-0.3, -0.25) is 4.79 Å². The fourth-order valence-electron chi connectivity index (χ4n) is 2.30. The zero-order chi connectivity index (χ0) is 12.3. The van der Waals surface area contributed by atoms with Gasteiger partial charge in [-0.05, 0) is 25.7 Å². The minimum Gasteiger partial charge on any atom is -0.479 e. The average Bonchev–Trinajstić information content (AvgIpc) is 2.27. The highest BCUT2D eigenvalue weighted by atomic mass is 16.5. The van der Waals surface area contributed by atoms with Crippen molar-refractivity contribution in [1.82, 2.24) is 4.90 Å². The van der Waals surface area contributed by atoms with E-state index >= 15 is 0 Å². The highest BCUT2D eigenvalue weighted by Crippen LogP contribution is 2.34. The van der Waals surface area contributed by atoms with Gasteiger partial charge in [-0.2, -0.15) is 0 Å². The van der Waals surface area contributed by atoms with Crippen molar-refractivity contribution >= 4 is 11.9 Å². The molecule has 0 bridgehead atoms. The first-order valence-corrected chi connectivity index (χ1v) is 5.44. The van der Waals surface area contributed by atoms with Gasteiger partial charge in [0, 0.05) is 21.1 Å². The van der Waals surface area contributed by atoms with Crippen LogP contribution in [0, 0.1) is 0 Å². The van der Waals surface area contributed by atoms with Gasteiger partial charge >= 0.3 is 5.97 Å². The number of carbonyl (C=O) groups is 2. The van der Waals surface area contributed by atoms with Crippen LogP contribution in [0.4, 0.5) is 0 Å². The first-order valence-electron chi connectivity index (χ1n) is 5.44. The summed E-state index contributed by atoms with van der Waals surface area (Å²) in [5.41, 5.74) is -1.04. The van der Waals surface area contributed by atoms with Crippen molar-refractivity contribution in [3.05, 3.63) is 0 Å². The number of ether oxygens (including phenoxy) is 1. The summed E-state index contributed by atoms with van der Waals surface area (Å²) in [5, 5.41) is 9.33. The molecule has 0 radical (unpaired) electrons. The maximum atomic E-state index is 11.4. The van der Waals surface area contributed by atoms with Crippen LogP contribution in [0.1, 0.15) is 32.6 Å². The topological polar surface area (TPSA) is 66.8 Å². The summed E-state index contributed by atoms with van der Waals surface area (Å²) in [7, 11) is 3.19. The van der Waals surface area contributed by atoms with Gasteiger partial charge in [-0.25, -0.2) is 4.79 Å². The third-order valence-corrected chi connectivity index (χ3v) is 3.61. The largest absolute Gasteiger partial charge is 0.479 e. The van der Waals surface area contributed by atoms with E-state index in [9.17, 15) is 14.7 Å². The van der Waals surface area contributed by atoms with Gasteiger partial charge in [-0.1, -0.05) is 0 Å². The quantitative estimate of drug-likeness (QED) is 0.780. The van der Waals surface area contributed by atoms with Gasteiger partial charge in [0.15, 0.2) is 0 Å². The van der Waals surface area contributed by atoms with Crippen molar-refractivity contribution in [2.45, 2.75) is 44.2 Å². The zero-order valence-electron chi connectivity index (χ0n) is 10.0. The highest BCUT2D eigenvalue weighted by Gasteiger charge is 2.46. The molecule has 0 spiro atoms. The number of likely N-dealkylation sites (N-methyl/N-ethyl adjacent to an activating group) is 1. The van der Waals surface area contributed by atoms with Gasteiger partial charge < -0.3 is 14.7 Å². The van der Waals surface area contributed by atoms with Crippen LogP contribution in [0.15, 0.2) is 0 Å². The van der Waals surface area contributed by atoms with Crippen molar-refractivity contribution in [3.63, 3.8) is 0 Å². The second kappa shape index (κ2) is 4.82. The minimum absolute atomic E-state index is 0.118. The third kappa shape index (κ3) is 2.19. The molecule has 5 heteroatoms. The molecule has 5 nitrogen and oxygen atoms in total. The number of hydrogen-bond donors (Lipinski definition) is 1. The first-order chi connectivity index (χ1) is 7.44. The van der Waals surface area contributed by atoms with E-state index in [1.54, 1.807) is 14.2 Å². The van der Waals surface area contributed by atoms with Crippen LogP contribution in [-0.4, -0.2) is 47.7 Å². The molecule has 1 aliphatic rings. The lowest BCUT2D eigenvalue weighted by atomic mass is 9.79. The van der Waals surface area contributed by atoms with Crippen molar-refractivity contribution in [3.8, 4) is 0 Å². The van der Waals surface area contributed by atoms with Crippen LogP contribution >= 0.6 is 0 Å².